The van der Waals surface area contributed by atoms with Crippen molar-refractivity contribution in [2.75, 3.05) is 11.9 Å². The van der Waals surface area contributed by atoms with Crippen molar-refractivity contribution in [2.45, 2.75) is 19.4 Å². The van der Waals surface area contributed by atoms with E-state index in [1.807, 2.05) is 31.2 Å². The number of benzene rings is 1. The highest BCUT2D eigenvalue weighted by atomic mass is 16.3. The van der Waals surface area contributed by atoms with Crippen LogP contribution in [0.2, 0.25) is 0 Å². The van der Waals surface area contributed by atoms with Crippen LogP contribution in [0.15, 0.2) is 24.3 Å². The number of nitriles is 1. The van der Waals surface area contributed by atoms with E-state index >= 15 is 0 Å². The first-order valence-corrected chi connectivity index (χ1v) is 4.59. The molecular weight excluding hydrogens is 176 g/mol. The molecule has 3 heteroatoms. The first kappa shape index (κ1) is 10.6. The molecule has 0 radical (unpaired) electrons. The van der Waals surface area contributed by atoms with Crippen molar-refractivity contribution in [3.05, 3.63) is 29.8 Å². The molecule has 0 saturated heterocycles. The second-order valence-electron chi connectivity index (χ2n) is 3.26. The molecule has 3 nitrogen and oxygen atoms in total. The summed E-state index contributed by atoms with van der Waals surface area (Å²) in [7, 11) is 0. The maximum absolute atomic E-state index is 8.85. The maximum Gasteiger partial charge on any atom is 0.0669 e. The minimum absolute atomic E-state index is 0.0346. The van der Waals surface area contributed by atoms with Crippen LogP contribution in [-0.4, -0.2) is 17.8 Å². The highest BCUT2D eigenvalue weighted by Gasteiger charge is 2.00. The Morgan fingerprint density at radius 2 is 2.36 bits per heavy atom. The van der Waals surface area contributed by atoms with Crippen molar-refractivity contribution in [1.29, 1.82) is 5.26 Å². The minimum atomic E-state index is 0.0346. The third-order valence-corrected chi connectivity index (χ3v) is 1.90. The van der Waals surface area contributed by atoms with Gasteiger partial charge in [-0.25, -0.2) is 0 Å². The fraction of sp³-hybridized carbons (Fsp3) is 0.364. The van der Waals surface area contributed by atoms with Gasteiger partial charge >= 0.3 is 0 Å². The Kier molecular flexibility index (Phi) is 3.96. The predicted octanol–water partition coefficient (Wildman–Crippen LogP) is 1.55. The third-order valence-electron chi connectivity index (χ3n) is 1.90. The smallest absolute Gasteiger partial charge is 0.0669 e. The molecule has 0 saturated carbocycles. The van der Waals surface area contributed by atoms with Crippen molar-refractivity contribution in [3.63, 3.8) is 0 Å². The van der Waals surface area contributed by atoms with Crippen LogP contribution in [0.1, 0.15) is 12.5 Å². The molecule has 0 spiro atoms. The first-order chi connectivity index (χ1) is 6.76. The quantitative estimate of drug-likeness (QED) is 0.757. The fourth-order valence-electron chi connectivity index (χ4n) is 1.19. The molecule has 1 aromatic rings. The molecule has 0 aliphatic carbocycles. The van der Waals surface area contributed by atoms with Crippen LogP contribution in [0.5, 0.6) is 0 Å². The monoisotopic (exact) mass is 190 g/mol. The highest BCUT2D eigenvalue weighted by Crippen LogP contribution is 2.11. The van der Waals surface area contributed by atoms with Gasteiger partial charge in [0.1, 0.15) is 0 Å². The van der Waals surface area contributed by atoms with Gasteiger partial charge in [0.15, 0.2) is 0 Å². The highest BCUT2D eigenvalue weighted by molar-refractivity contribution is 5.46. The van der Waals surface area contributed by atoms with E-state index in [4.69, 9.17) is 10.4 Å². The van der Waals surface area contributed by atoms with Crippen molar-refractivity contribution in [2.24, 2.45) is 0 Å². The normalized spacial score (nSPS) is 11.8. The Bertz CT molecular complexity index is 330. The number of anilines is 1. The molecule has 1 atom stereocenters. The zero-order valence-electron chi connectivity index (χ0n) is 8.20. The van der Waals surface area contributed by atoms with Gasteiger partial charge in [-0.3, -0.25) is 0 Å². The number of rotatable bonds is 4. The van der Waals surface area contributed by atoms with E-state index in [2.05, 4.69) is 11.4 Å². The number of hydrogen-bond acceptors (Lipinski definition) is 3. The lowest BCUT2D eigenvalue weighted by Crippen LogP contribution is -2.19. The lowest BCUT2D eigenvalue weighted by Gasteiger charge is -2.12. The van der Waals surface area contributed by atoms with Gasteiger partial charge in [-0.15, -0.1) is 0 Å². The van der Waals surface area contributed by atoms with Crippen LogP contribution in [-0.2, 0) is 6.42 Å². The Morgan fingerprint density at radius 3 is 3.00 bits per heavy atom. The summed E-state index contributed by atoms with van der Waals surface area (Å²) >= 11 is 0. The standard InChI is InChI=1S/C11H14N2O/c1-9(8-14)13-11-4-2-3-10(7-11)5-6-12/h2-4,7,9,13-14H,5,8H2,1H3. The number of aliphatic hydroxyl groups is 1. The zero-order chi connectivity index (χ0) is 10.4. The average Bonchev–Trinajstić information content (AvgIpc) is 2.19. The van der Waals surface area contributed by atoms with E-state index in [0.717, 1.165) is 11.3 Å². The molecule has 74 valence electrons. The predicted molar refractivity (Wildman–Crippen MR) is 55.9 cm³/mol. The van der Waals surface area contributed by atoms with Crippen LogP contribution >= 0.6 is 0 Å². The Morgan fingerprint density at radius 1 is 1.57 bits per heavy atom. The molecule has 0 aliphatic rings. The van der Waals surface area contributed by atoms with Crippen LogP contribution < -0.4 is 5.32 Å². The maximum atomic E-state index is 8.85. The van der Waals surface area contributed by atoms with Crippen LogP contribution in [0.4, 0.5) is 5.69 Å². The van der Waals surface area contributed by atoms with Crippen molar-refractivity contribution in [3.8, 4) is 6.07 Å². The minimum Gasteiger partial charge on any atom is -0.394 e. The van der Waals surface area contributed by atoms with E-state index in [1.165, 1.54) is 0 Å². The fourth-order valence-corrected chi connectivity index (χ4v) is 1.19. The lowest BCUT2D eigenvalue weighted by molar-refractivity contribution is 0.281. The molecule has 0 aliphatic heterocycles. The summed E-state index contributed by atoms with van der Waals surface area (Å²) in [5, 5.41) is 20.5. The number of hydrogen-bond donors (Lipinski definition) is 2. The molecule has 1 unspecified atom stereocenters. The molecule has 0 aromatic heterocycles. The van der Waals surface area contributed by atoms with Gasteiger partial charge in [-0.05, 0) is 24.6 Å². The molecule has 0 bridgehead atoms. The first-order valence-electron chi connectivity index (χ1n) is 4.59. The van der Waals surface area contributed by atoms with E-state index < -0.39 is 0 Å². The Labute approximate surface area is 84.0 Å². The van der Waals surface area contributed by atoms with Crippen molar-refractivity contribution < 1.29 is 5.11 Å². The summed E-state index contributed by atoms with van der Waals surface area (Å²) in [6, 6.07) is 9.80. The SMILES string of the molecule is CC(CO)Nc1cccc(CC#N)c1. The van der Waals surface area contributed by atoms with Gasteiger partial charge in [0.2, 0.25) is 0 Å². The molecule has 1 aromatic carbocycles. The van der Waals surface area contributed by atoms with Gasteiger partial charge in [-0.1, -0.05) is 12.1 Å². The van der Waals surface area contributed by atoms with Crippen molar-refractivity contribution >= 4 is 5.69 Å². The molecule has 1 rings (SSSR count). The van der Waals surface area contributed by atoms with E-state index in [-0.39, 0.29) is 12.6 Å². The molecule has 0 heterocycles. The van der Waals surface area contributed by atoms with Gasteiger partial charge < -0.3 is 10.4 Å². The Balaban J connectivity index is 2.69. The van der Waals surface area contributed by atoms with Gasteiger partial charge in [0, 0.05) is 11.7 Å². The summed E-state index contributed by atoms with van der Waals surface area (Å²) in [6.45, 7) is 2.00. The molecular formula is C11H14N2O. The molecule has 0 amide bonds. The summed E-state index contributed by atoms with van der Waals surface area (Å²) in [5.74, 6) is 0. The number of nitrogens with one attached hydrogen (secondary N) is 1. The van der Waals surface area contributed by atoms with Gasteiger partial charge in [0.05, 0.1) is 19.1 Å². The molecule has 2 N–H and O–H groups in total. The lowest BCUT2D eigenvalue weighted by atomic mass is 10.1. The number of nitrogens with zero attached hydrogens (tertiary/aromatic N) is 1. The Hall–Kier alpha value is -1.53. The largest absolute Gasteiger partial charge is 0.394 e. The van der Waals surface area contributed by atoms with E-state index in [9.17, 15) is 0 Å². The second-order valence-corrected chi connectivity index (χ2v) is 3.26. The van der Waals surface area contributed by atoms with E-state index in [0.29, 0.717) is 6.42 Å². The molecule has 14 heavy (non-hydrogen) atoms. The van der Waals surface area contributed by atoms with E-state index in [1.54, 1.807) is 0 Å². The van der Waals surface area contributed by atoms with Crippen molar-refractivity contribution in [1.82, 2.24) is 0 Å². The zero-order valence-corrected chi connectivity index (χ0v) is 8.20. The average molecular weight is 190 g/mol. The summed E-state index contributed by atoms with van der Waals surface area (Å²) in [6.07, 6.45) is 0.420. The number of aliphatic hydroxyl groups excluding tert-OH is 1. The van der Waals surface area contributed by atoms with Gasteiger partial charge in [0.25, 0.3) is 0 Å². The topological polar surface area (TPSA) is 56.0 Å². The van der Waals surface area contributed by atoms with Crippen LogP contribution in [0, 0.1) is 11.3 Å². The van der Waals surface area contributed by atoms with Gasteiger partial charge in [-0.2, -0.15) is 5.26 Å². The second kappa shape index (κ2) is 5.25. The summed E-state index contributed by atoms with van der Waals surface area (Å²) in [5.41, 5.74) is 1.93. The molecule has 0 fully saturated rings. The van der Waals surface area contributed by atoms with Crippen LogP contribution in [0.25, 0.3) is 0 Å². The summed E-state index contributed by atoms with van der Waals surface area (Å²) in [4.78, 5) is 0. The third kappa shape index (κ3) is 3.08. The van der Waals surface area contributed by atoms with Crippen LogP contribution in [0.3, 0.4) is 0 Å². The summed E-state index contributed by atoms with van der Waals surface area (Å²) < 4.78 is 0.